The first-order valence-corrected chi connectivity index (χ1v) is 10.2. The third-order valence-corrected chi connectivity index (χ3v) is 6.24. The second kappa shape index (κ2) is 7.94. The summed E-state index contributed by atoms with van der Waals surface area (Å²) in [6, 6.07) is 12.4. The van der Waals surface area contributed by atoms with Crippen LogP contribution in [-0.2, 0) is 35.4 Å². The number of carbonyl (C=O) groups excluding carboxylic acids is 1. The zero-order valence-electron chi connectivity index (χ0n) is 17.2. The first-order valence-electron chi connectivity index (χ1n) is 10.2. The largest absolute Gasteiger partial charge is 0.480 e. The van der Waals surface area contributed by atoms with Crippen LogP contribution in [0.2, 0.25) is 0 Å². The van der Waals surface area contributed by atoms with Gasteiger partial charge in [-0.05, 0) is 61.1 Å². The average Bonchev–Trinajstić information content (AvgIpc) is 3.01. The van der Waals surface area contributed by atoms with E-state index in [4.69, 9.17) is 0 Å². The highest BCUT2D eigenvalue weighted by Crippen LogP contribution is 2.34. The molecule has 0 spiro atoms. The third-order valence-electron chi connectivity index (χ3n) is 6.24. The van der Waals surface area contributed by atoms with Gasteiger partial charge in [-0.3, -0.25) is 9.59 Å². The lowest BCUT2D eigenvalue weighted by Gasteiger charge is -2.32. The molecule has 6 heteroatoms. The highest BCUT2D eigenvalue weighted by atomic mass is 19.1. The van der Waals surface area contributed by atoms with Gasteiger partial charge in [0.15, 0.2) is 0 Å². The van der Waals surface area contributed by atoms with Crippen LogP contribution in [0.4, 0.5) is 4.39 Å². The maximum atomic E-state index is 14.0. The molecule has 1 heterocycles. The van der Waals surface area contributed by atoms with Crippen molar-refractivity contribution in [3.05, 3.63) is 70.7 Å². The van der Waals surface area contributed by atoms with Crippen molar-refractivity contribution in [2.24, 2.45) is 0 Å². The predicted molar refractivity (Wildman–Crippen MR) is 113 cm³/mol. The number of amides is 1. The average molecular weight is 408 g/mol. The van der Waals surface area contributed by atoms with Gasteiger partial charge in [0.1, 0.15) is 12.4 Å². The summed E-state index contributed by atoms with van der Waals surface area (Å²) in [7, 11) is 1.83. The molecule has 1 atom stereocenters. The molecule has 0 saturated heterocycles. The minimum absolute atomic E-state index is 0.00108. The summed E-state index contributed by atoms with van der Waals surface area (Å²) < 4.78 is 15.7. The number of fused-ring (bicyclic) bond motifs is 3. The number of hydrogen-bond donors (Lipinski definition) is 1. The Bertz CT molecular complexity index is 1130. The van der Waals surface area contributed by atoms with Crippen molar-refractivity contribution < 1.29 is 19.1 Å². The summed E-state index contributed by atoms with van der Waals surface area (Å²) in [5, 5.41) is 10.1. The number of aromatic nitrogens is 1. The summed E-state index contributed by atoms with van der Waals surface area (Å²) in [6.07, 6.45) is 2.35. The molecule has 0 aliphatic heterocycles. The molecule has 1 N–H and O–H groups in total. The van der Waals surface area contributed by atoms with Crippen LogP contribution in [0.1, 0.15) is 28.8 Å². The van der Waals surface area contributed by atoms with Gasteiger partial charge in [-0.15, -0.1) is 0 Å². The Morgan fingerprint density at radius 1 is 1.23 bits per heavy atom. The van der Waals surface area contributed by atoms with E-state index in [2.05, 4.69) is 0 Å². The Morgan fingerprint density at radius 3 is 2.73 bits per heavy atom. The minimum Gasteiger partial charge on any atom is -0.480 e. The van der Waals surface area contributed by atoms with Gasteiger partial charge < -0.3 is 14.6 Å². The minimum atomic E-state index is -0.924. The Labute approximate surface area is 174 Å². The van der Waals surface area contributed by atoms with E-state index in [0.29, 0.717) is 19.3 Å². The highest BCUT2D eigenvalue weighted by Gasteiger charge is 2.30. The number of aliphatic carboxylic acids is 1. The molecule has 0 fully saturated rings. The van der Waals surface area contributed by atoms with E-state index in [1.807, 2.05) is 38.2 Å². The fourth-order valence-corrected chi connectivity index (χ4v) is 4.55. The molecule has 3 aromatic rings. The van der Waals surface area contributed by atoms with Crippen molar-refractivity contribution in [2.45, 2.75) is 45.2 Å². The number of halogens is 1. The lowest BCUT2D eigenvalue weighted by atomic mass is 9.90. The zero-order valence-corrected chi connectivity index (χ0v) is 17.2. The summed E-state index contributed by atoms with van der Waals surface area (Å²) >= 11 is 0. The topological polar surface area (TPSA) is 62.5 Å². The van der Waals surface area contributed by atoms with Crippen LogP contribution in [-0.4, -0.2) is 39.5 Å². The fourth-order valence-electron chi connectivity index (χ4n) is 4.55. The number of carbonyl (C=O) groups is 2. The second-order valence-corrected chi connectivity index (χ2v) is 8.07. The van der Waals surface area contributed by atoms with Crippen LogP contribution in [0.3, 0.4) is 0 Å². The van der Waals surface area contributed by atoms with Crippen molar-refractivity contribution >= 4 is 22.8 Å². The Morgan fingerprint density at radius 2 is 2.00 bits per heavy atom. The zero-order chi connectivity index (χ0) is 21.4. The van der Waals surface area contributed by atoms with Gasteiger partial charge in [-0.1, -0.05) is 24.3 Å². The first kappa shape index (κ1) is 20.1. The lowest BCUT2D eigenvalue weighted by molar-refractivity contribution is -0.137. The monoisotopic (exact) mass is 408 g/mol. The van der Waals surface area contributed by atoms with E-state index in [1.165, 1.54) is 12.1 Å². The van der Waals surface area contributed by atoms with Crippen molar-refractivity contribution in [1.29, 1.82) is 0 Å². The van der Waals surface area contributed by atoms with Gasteiger partial charge in [0.25, 0.3) is 0 Å². The number of likely N-dealkylation sites (N-methyl/N-ethyl adjacent to an activating group) is 1. The summed E-state index contributed by atoms with van der Waals surface area (Å²) in [6.45, 7) is 1.85. The van der Waals surface area contributed by atoms with E-state index in [1.54, 1.807) is 15.5 Å². The number of benzene rings is 2. The molecule has 0 radical (unpaired) electrons. The first-order chi connectivity index (χ1) is 14.3. The number of carboxylic acid groups (broad SMARTS) is 1. The molecule has 1 aromatic heterocycles. The number of hydrogen-bond acceptors (Lipinski definition) is 2. The Balaban J connectivity index is 1.62. The van der Waals surface area contributed by atoms with E-state index >= 15 is 0 Å². The van der Waals surface area contributed by atoms with Crippen LogP contribution in [0.15, 0.2) is 42.5 Å². The Hall–Kier alpha value is -3.15. The number of rotatable bonds is 5. The van der Waals surface area contributed by atoms with Gasteiger partial charge in [-0.25, -0.2) is 4.39 Å². The van der Waals surface area contributed by atoms with E-state index in [9.17, 15) is 19.1 Å². The number of carboxylic acids is 1. The third kappa shape index (κ3) is 3.70. The second-order valence-electron chi connectivity index (χ2n) is 8.07. The summed E-state index contributed by atoms with van der Waals surface area (Å²) in [5.74, 6) is -1.21. The van der Waals surface area contributed by atoms with Gasteiger partial charge >= 0.3 is 5.97 Å². The van der Waals surface area contributed by atoms with Crippen molar-refractivity contribution in [2.75, 3.05) is 7.05 Å². The molecular formula is C24H25FN2O3. The molecule has 30 heavy (non-hydrogen) atoms. The molecule has 0 bridgehead atoms. The lowest BCUT2D eigenvalue weighted by Crippen LogP contribution is -2.41. The molecule has 1 aliphatic rings. The molecule has 4 rings (SSSR count). The molecule has 1 amide bonds. The van der Waals surface area contributed by atoms with Crippen molar-refractivity contribution in [1.82, 2.24) is 9.47 Å². The molecule has 2 aromatic carbocycles. The fraction of sp³-hybridized carbons (Fsp3) is 0.333. The van der Waals surface area contributed by atoms with Crippen LogP contribution in [0.5, 0.6) is 0 Å². The quantitative estimate of drug-likeness (QED) is 0.700. The standard InChI is InChI=1S/C24H25FN2O3/c1-15-5-3-4-6-16(15)11-23(28)26(2)18-8-10-22-20(13-18)19-12-17(25)7-9-21(19)27(22)14-24(29)30/h3-7,9,12,18H,8,10-11,13-14H2,1-2H3,(H,29,30)/t18-/m0/s1. The van der Waals surface area contributed by atoms with E-state index < -0.39 is 5.97 Å². The molecule has 0 saturated carbocycles. The molecule has 5 nitrogen and oxygen atoms in total. The molecule has 156 valence electrons. The molecular weight excluding hydrogens is 383 g/mol. The maximum absolute atomic E-state index is 14.0. The molecule has 1 aliphatic carbocycles. The number of nitrogens with zero attached hydrogens (tertiary/aromatic N) is 2. The van der Waals surface area contributed by atoms with Gasteiger partial charge in [-0.2, -0.15) is 0 Å². The van der Waals surface area contributed by atoms with E-state index in [0.717, 1.165) is 39.7 Å². The highest BCUT2D eigenvalue weighted by molar-refractivity contribution is 5.87. The van der Waals surface area contributed by atoms with Gasteiger partial charge in [0.05, 0.1) is 6.42 Å². The van der Waals surface area contributed by atoms with Crippen LogP contribution in [0, 0.1) is 12.7 Å². The van der Waals surface area contributed by atoms with Crippen LogP contribution in [0.25, 0.3) is 10.9 Å². The normalized spacial score (nSPS) is 15.8. The maximum Gasteiger partial charge on any atom is 0.323 e. The molecule has 0 unspecified atom stereocenters. The smallest absolute Gasteiger partial charge is 0.323 e. The summed E-state index contributed by atoms with van der Waals surface area (Å²) in [5.41, 5.74) is 4.74. The Kier molecular flexibility index (Phi) is 5.33. The number of aryl methyl sites for hydroxylation is 1. The SMILES string of the molecule is Cc1ccccc1CC(=O)N(C)[C@H]1CCc2c(c3cc(F)ccc3n2CC(=O)O)C1. The van der Waals surface area contributed by atoms with E-state index in [-0.39, 0.29) is 24.3 Å². The van der Waals surface area contributed by atoms with Crippen molar-refractivity contribution in [3.8, 4) is 0 Å². The predicted octanol–water partition coefficient (Wildman–Crippen LogP) is 3.73. The van der Waals surface area contributed by atoms with Crippen LogP contribution < -0.4 is 0 Å². The van der Waals surface area contributed by atoms with Gasteiger partial charge in [0.2, 0.25) is 5.91 Å². The van der Waals surface area contributed by atoms with Crippen molar-refractivity contribution in [3.63, 3.8) is 0 Å². The summed E-state index contributed by atoms with van der Waals surface area (Å²) in [4.78, 5) is 26.1. The van der Waals surface area contributed by atoms with Gasteiger partial charge in [0, 0.05) is 29.7 Å². The van der Waals surface area contributed by atoms with Crippen LogP contribution >= 0.6 is 0 Å².